The van der Waals surface area contributed by atoms with Crippen molar-refractivity contribution in [3.63, 3.8) is 0 Å². The zero-order valence-electron chi connectivity index (χ0n) is 25.0. The normalized spacial score (nSPS) is 14.8. The van der Waals surface area contributed by atoms with Crippen molar-refractivity contribution in [1.29, 1.82) is 0 Å². The Labute approximate surface area is 265 Å². The Hall–Kier alpha value is -5.54. The van der Waals surface area contributed by atoms with Gasteiger partial charge < -0.3 is 9.80 Å². The van der Waals surface area contributed by atoms with E-state index in [0.29, 0.717) is 0 Å². The summed E-state index contributed by atoms with van der Waals surface area (Å²) < 4.78 is 0. The second-order valence-corrected chi connectivity index (χ2v) is 12.0. The van der Waals surface area contributed by atoms with Crippen LogP contribution in [0.3, 0.4) is 0 Å². The predicted octanol–water partition coefficient (Wildman–Crippen LogP) is 9.57. The van der Waals surface area contributed by atoms with E-state index in [1.807, 2.05) is 0 Å². The Bertz CT molecular complexity index is 2100. The molecular weight excluding hydrogens is 543 g/mol. The number of benzene rings is 6. The van der Waals surface area contributed by atoms with Gasteiger partial charge in [-0.2, -0.15) is 0 Å². The molecule has 0 saturated carbocycles. The van der Waals surface area contributed by atoms with Crippen molar-refractivity contribution in [3.05, 3.63) is 181 Å². The molecule has 0 atom stereocenters. The molecule has 2 nitrogen and oxygen atoms in total. The highest BCUT2D eigenvalue weighted by Crippen LogP contribution is 2.49. The standard InChI is InChI=1S/C42H31BN2/c1-5-16-30(17-6-1)34-24-13-26-36-40(34)43-41-35(31-18-7-2-8-19-31)25-14-27-37(41)45(33-22-11-4-12-23-33)39-29-15-28-38(42(39)43)44(36)32-20-9-3-10-21-32/h1-13,15-26,28-29H,14,27H2. The van der Waals surface area contributed by atoms with Crippen LogP contribution < -0.4 is 20.7 Å². The van der Waals surface area contributed by atoms with Crippen molar-refractivity contribution in [2.45, 2.75) is 12.8 Å². The molecule has 45 heavy (non-hydrogen) atoms. The van der Waals surface area contributed by atoms with Crippen LogP contribution in [-0.2, 0) is 0 Å². The van der Waals surface area contributed by atoms with E-state index < -0.39 is 0 Å². The second-order valence-electron chi connectivity index (χ2n) is 12.0. The van der Waals surface area contributed by atoms with Crippen molar-refractivity contribution < 1.29 is 0 Å². The number of fused-ring (bicyclic) bond motifs is 3. The molecule has 0 radical (unpaired) electrons. The quantitative estimate of drug-likeness (QED) is 0.194. The Morgan fingerprint density at radius 3 is 1.60 bits per heavy atom. The van der Waals surface area contributed by atoms with Gasteiger partial charge in [-0.15, -0.1) is 0 Å². The van der Waals surface area contributed by atoms with Crippen LogP contribution >= 0.6 is 0 Å². The number of para-hydroxylation sites is 2. The van der Waals surface area contributed by atoms with Crippen LogP contribution in [0.2, 0.25) is 0 Å². The summed E-state index contributed by atoms with van der Waals surface area (Å²) in [7, 11) is 0. The third-order valence-corrected chi connectivity index (χ3v) is 9.53. The van der Waals surface area contributed by atoms with Gasteiger partial charge in [-0.3, -0.25) is 0 Å². The Morgan fingerprint density at radius 2 is 0.956 bits per heavy atom. The second kappa shape index (κ2) is 10.6. The molecule has 9 rings (SSSR count). The lowest BCUT2D eigenvalue weighted by Crippen LogP contribution is -2.57. The average molecular weight is 575 g/mol. The molecule has 0 N–H and O–H groups in total. The maximum absolute atomic E-state index is 2.56. The molecular formula is C42H31BN2. The number of anilines is 5. The monoisotopic (exact) mass is 574 g/mol. The number of rotatable bonds is 4. The topological polar surface area (TPSA) is 6.48 Å². The third-order valence-electron chi connectivity index (χ3n) is 9.53. The summed E-state index contributed by atoms with van der Waals surface area (Å²) in [6.07, 6.45) is 4.49. The highest BCUT2D eigenvalue weighted by Gasteiger charge is 2.46. The smallest absolute Gasteiger partial charge is 0.253 e. The average Bonchev–Trinajstić information content (AvgIpc) is 3.12. The zero-order chi connectivity index (χ0) is 29.7. The largest absolute Gasteiger partial charge is 0.315 e. The first kappa shape index (κ1) is 25.9. The van der Waals surface area contributed by atoms with E-state index >= 15 is 0 Å². The fourth-order valence-corrected chi connectivity index (χ4v) is 7.78. The number of nitrogens with zero attached hydrogens (tertiary/aromatic N) is 2. The fraction of sp³-hybridized carbons (Fsp3) is 0.0476. The highest BCUT2D eigenvalue weighted by atomic mass is 15.2. The minimum Gasteiger partial charge on any atom is -0.315 e. The Morgan fingerprint density at radius 1 is 0.444 bits per heavy atom. The lowest BCUT2D eigenvalue weighted by molar-refractivity contribution is 0.912. The van der Waals surface area contributed by atoms with E-state index in [9.17, 15) is 0 Å². The fourth-order valence-electron chi connectivity index (χ4n) is 7.78. The minimum absolute atomic E-state index is 0.0734. The first-order chi connectivity index (χ1) is 22.4. The number of allylic oxidation sites excluding steroid dienone is 4. The van der Waals surface area contributed by atoms with Crippen LogP contribution in [0.25, 0.3) is 16.7 Å². The van der Waals surface area contributed by atoms with Gasteiger partial charge in [0.15, 0.2) is 0 Å². The summed E-state index contributed by atoms with van der Waals surface area (Å²) in [5.41, 5.74) is 16.9. The van der Waals surface area contributed by atoms with Crippen molar-refractivity contribution in [1.82, 2.24) is 0 Å². The molecule has 2 aliphatic heterocycles. The van der Waals surface area contributed by atoms with Gasteiger partial charge >= 0.3 is 0 Å². The molecule has 2 heterocycles. The van der Waals surface area contributed by atoms with Crippen LogP contribution in [0.4, 0.5) is 28.4 Å². The molecule has 0 aromatic heterocycles. The van der Waals surface area contributed by atoms with E-state index in [-0.39, 0.29) is 6.71 Å². The molecule has 0 spiro atoms. The van der Waals surface area contributed by atoms with E-state index in [1.54, 1.807) is 0 Å². The summed E-state index contributed by atoms with van der Waals surface area (Å²) in [6, 6.07) is 57.5. The van der Waals surface area contributed by atoms with Crippen molar-refractivity contribution in [2.75, 3.05) is 9.80 Å². The molecule has 0 saturated heterocycles. The molecule has 0 bridgehead atoms. The van der Waals surface area contributed by atoms with Crippen LogP contribution in [-0.4, -0.2) is 6.71 Å². The SMILES string of the molecule is C1=C(c2ccccc2)C2=C(CC1)N(c1ccccc1)c1cccc3c1B2c1c(-c2ccccc2)cccc1N3c1ccccc1. The van der Waals surface area contributed by atoms with Gasteiger partial charge in [0.25, 0.3) is 6.71 Å². The molecule has 6 aromatic rings. The predicted molar refractivity (Wildman–Crippen MR) is 191 cm³/mol. The lowest BCUT2D eigenvalue weighted by atomic mass is 9.30. The lowest BCUT2D eigenvalue weighted by Gasteiger charge is -2.47. The van der Waals surface area contributed by atoms with E-state index in [0.717, 1.165) is 12.8 Å². The van der Waals surface area contributed by atoms with Crippen molar-refractivity contribution in [2.24, 2.45) is 0 Å². The van der Waals surface area contributed by atoms with Gasteiger partial charge in [0.1, 0.15) is 0 Å². The van der Waals surface area contributed by atoms with Gasteiger partial charge in [0, 0.05) is 34.1 Å². The molecule has 212 valence electrons. The first-order valence-corrected chi connectivity index (χ1v) is 15.9. The van der Waals surface area contributed by atoms with E-state index in [2.05, 4.69) is 174 Å². The maximum atomic E-state index is 2.56. The Kier molecular flexibility index (Phi) is 6.09. The van der Waals surface area contributed by atoms with Gasteiger partial charge in [-0.25, -0.2) is 0 Å². The minimum atomic E-state index is 0.0734. The number of hydrogen-bond acceptors (Lipinski definition) is 2. The van der Waals surface area contributed by atoms with Crippen molar-refractivity contribution >= 4 is 51.6 Å². The third kappa shape index (κ3) is 4.04. The molecule has 0 amide bonds. The molecule has 6 aromatic carbocycles. The van der Waals surface area contributed by atoms with Crippen LogP contribution in [0.15, 0.2) is 175 Å². The van der Waals surface area contributed by atoms with E-state index in [1.165, 1.54) is 72.8 Å². The van der Waals surface area contributed by atoms with E-state index in [4.69, 9.17) is 0 Å². The summed E-state index contributed by atoms with van der Waals surface area (Å²) in [6.45, 7) is 0.0734. The Balaban J connectivity index is 1.42. The van der Waals surface area contributed by atoms with Crippen LogP contribution in [0, 0.1) is 0 Å². The summed E-state index contributed by atoms with van der Waals surface area (Å²) in [5.74, 6) is 0. The summed E-state index contributed by atoms with van der Waals surface area (Å²) in [4.78, 5) is 5.04. The zero-order valence-corrected chi connectivity index (χ0v) is 25.0. The van der Waals surface area contributed by atoms with Gasteiger partial charge in [-0.1, -0.05) is 121 Å². The molecule has 3 heteroatoms. The van der Waals surface area contributed by atoms with Crippen LogP contribution in [0.1, 0.15) is 18.4 Å². The maximum Gasteiger partial charge on any atom is 0.253 e. The summed E-state index contributed by atoms with van der Waals surface area (Å²) >= 11 is 0. The molecule has 0 unspecified atom stereocenters. The summed E-state index contributed by atoms with van der Waals surface area (Å²) in [5, 5.41) is 0. The van der Waals surface area contributed by atoms with Crippen LogP contribution in [0.5, 0.6) is 0 Å². The van der Waals surface area contributed by atoms with Gasteiger partial charge in [0.05, 0.1) is 0 Å². The first-order valence-electron chi connectivity index (χ1n) is 15.9. The molecule has 1 aliphatic carbocycles. The molecule has 0 fully saturated rings. The van der Waals surface area contributed by atoms with Crippen molar-refractivity contribution in [3.8, 4) is 11.1 Å². The van der Waals surface area contributed by atoms with Gasteiger partial charge in [0.2, 0.25) is 0 Å². The highest BCUT2D eigenvalue weighted by molar-refractivity contribution is 6.97. The molecule has 3 aliphatic rings. The number of hydrogen-bond donors (Lipinski definition) is 0. The van der Waals surface area contributed by atoms with Gasteiger partial charge in [-0.05, 0) is 94.0 Å².